The maximum Gasteiger partial charge on any atom is 0.203 e. The van der Waals surface area contributed by atoms with Crippen LogP contribution in [0.15, 0.2) is 48.7 Å². The number of nitrogens with zero attached hydrogens (tertiary/aromatic N) is 1. The van der Waals surface area contributed by atoms with Crippen molar-refractivity contribution in [1.29, 1.82) is 0 Å². The average molecular weight is 481 g/mol. The van der Waals surface area contributed by atoms with Crippen LogP contribution in [-0.4, -0.2) is 53.4 Å². The quantitative estimate of drug-likeness (QED) is 0.307. The van der Waals surface area contributed by atoms with Crippen LogP contribution in [0.25, 0.3) is 6.08 Å². The molecule has 1 heterocycles. The van der Waals surface area contributed by atoms with E-state index in [-0.39, 0.29) is 5.78 Å². The molecule has 1 aromatic heterocycles. The number of ether oxygens (including phenoxy) is 6. The van der Waals surface area contributed by atoms with E-state index < -0.39 is 0 Å². The van der Waals surface area contributed by atoms with Crippen molar-refractivity contribution < 1.29 is 33.2 Å². The topological polar surface area (TPSA) is 97.4 Å². The van der Waals surface area contributed by atoms with Crippen LogP contribution in [0.3, 0.4) is 0 Å². The number of hydrogen-bond donors (Lipinski definition) is 1. The van der Waals surface area contributed by atoms with Crippen molar-refractivity contribution in [2.45, 2.75) is 0 Å². The van der Waals surface area contributed by atoms with Crippen LogP contribution in [0.4, 0.5) is 11.5 Å². The van der Waals surface area contributed by atoms with Gasteiger partial charge in [0.05, 0.1) is 42.7 Å². The van der Waals surface area contributed by atoms with Gasteiger partial charge in [-0.3, -0.25) is 4.79 Å². The fourth-order valence-electron chi connectivity index (χ4n) is 3.43. The van der Waals surface area contributed by atoms with Gasteiger partial charge in [0.15, 0.2) is 28.8 Å². The summed E-state index contributed by atoms with van der Waals surface area (Å²) >= 11 is 0. The van der Waals surface area contributed by atoms with Crippen molar-refractivity contribution in [3.05, 3.63) is 59.8 Å². The van der Waals surface area contributed by atoms with Crippen LogP contribution < -0.4 is 33.7 Å². The molecule has 0 aliphatic heterocycles. The minimum atomic E-state index is -0.244. The average Bonchev–Trinajstić information content (AvgIpc) is 2.90. The Morgan fingerprint density at radius 1 is 0.771 bits per heavy atom. The van der Waals surface area contributed by atoms with Crippen LogP contribution >= 0.6 is 0 Å². The van der Waals surface area contributed by atoms with Gasteiger partial charge in [0, 0.05) is 35.1 Å². The van der Waals surface area contributed by atoms with Crippen LogP contribution in [0.1, 0.15) is 15.9 Å². The van der Waals surface area contributed by atoms with Crippen molar-refractivity contribution in [1.82, 2.24) is 4.98 Å². The first-order valence-electron chi connectivity index (χ1n) is 10.5. The first-order chi connectivity index (χ1) is 17.0. The Morgan fingerprint density at radius 2 is 1.29 bits per heavy atom. The molecule has 9 heteroatoms. The standard InChI is InChI=1S/C26H28N2O7/c1-30-20-12-17(13-21(31-2)24(20)34-5)19(29)10-9-16-8-7-11-27-26(16)28-18-14-22(32-3)25(35-6)23(15-18)33-4/h7-15H,1-6H3,(H,27,28). The van der Waals surface area contributed by atoms with E-state index in [0.29, 0.717) is 57.1 Å². The smallest absolute Gasteiger partial charge is 0.203 e. The molecular weight excluding hydrogens is 452 g/mol. The second kappa shape index (κ2) is 11.6. The Bertz CT molecular complexity index is 1170. The molecule has 0 bridgehead atoms. The molecule has 0 spiro atoms. The largest absolute Gasteiger partial charge is 0.493 e. The Morgan fingerprint density at radius 3 is 1.77 bits per heavy atom. The number of benzene rings is 2. The number of nitrogens with one attached hydrogen (secondary N) is 1. The van der Waals surface area contributed by atoms with E-state index in [1.54, 1.807) is 63.9 Å². The molecular formula is C26H28N2O7. The van der Waals surface area contributed by atoms with Crippen molar-refractivity contribution in [2.75, 3.05) is 48.0 Å². The Kier molecular flexibility index (Phi) is 8.39. The fourth-order valence-corrected chi connectivity index (χ4v) is 3.43. The number of pyridine rings is 1. The predicted molar refractivity (Wildman–Crippen MR) is 133 cm³/mol. The van der Waals surface area contributed by atoms with Gasteiger partial charge < -0.3 is 33.7 Å². The minimum absolute atomic E-state index is 0.244. The number of aromatic nitrogens is 1. The van der Waals surface area contributed by atoms with Crippen LogP contribution in [0.5, 0.6) is 34.5 Å². The number of ketones is 1. The molecule has 0 saturated carbocycles. The van der Waals surface area contributed by atoms with Gasteiger partial charge in [-0.2, -0.15) is 0 Å². The highest BCUT2D eigenvalue weighted by Gasteiger charge is 2.17. The third-order valence-electron chi connectivity index (χ3n) is 5.13. The van der Waals surface area contributed by atoms with E-state index in [0.717, 1.165) is 0 Å². The number of anilines is 2. The number of hydrogen-bond acceptors (Lipinski definition) is 9. The van der Waals surface area contributed by atoms with Gasteiger partial charge in [-0.15, -0.1) is 0 Å². The summed E-state index contributed by atoms with van der Waals surface area (Å²) in [5.41, 5.74) is 1.75. The van der Waals surface area contributed by atoms with Gasteiger partial charge in [0.1, 0.15) is 5.82 Å². The SMILES string of the molecule is COc1cc(Nc2ncccc2C=CC(=O)c2cc(OC)c(OC)c(OC)c2)cc(OC)c1OC. The van der Waals surface area contributed by atoms with E-state index >= 15 is 0 Å². The molecule has 9 nitrogen and oxygen atoms in total. The number of rotatable bonds is 11. The van der Waals surface area contributed by atoms with Crippen molar-refractivity contribution in [3.8, 4) is 34.5 Å². The Balaban J connectivity index is 1.91. The summed E-state index contributed by atoms with van der Waals surface area (Å²) in [7, 11) is 9.14. The molecule has 0 saturated heterocycles. The number of methoxy groups -OCH3 is 6. The Labute approximate surface area is 204 Å². The molecule has 0 aliphatic carbocycles. The van der Waals surface area contributed by atoms with Crippen molar-refractivity contribution >= 4 is 23.4 Å². The second-order valence-corrected chi connectivity index (χ2v) is 7.09. The lowest BCUT2D eigenvalue weighted by Gasteiger charge is -2.15. The third kappa shape index (κ3) is 5.57. The monoisotopic (exact) mass is 480 g/mol. The maximum absolute atomic E-state index is 12.9. The molecule has 0 unspecified atom stereocenters. The summed E-state index contributed by atoms with van der Waals surface area (Å²) in [5.74, 6) is 2.99. The predicted octanol–water partition coefficient (Wildman–Crippen LogP) is 4.77. The summed E-state index contributed by atoms with van der Waals surface area (Å²) in [4.78, 5) is 17.3. The first-order valence-corrected chi connectivity index (χ1v) is 10.5. The highest BCUT2D eigenvalue weighted by molar-refractivity contribution is 6.07. The second-order valence-electron chi connectivity index (χ2n) is 7.09. The van der Waals surface area contributed by atoms with E-state index in [2.05, 4.69) is 10.3 Å². The number of allylic oxidation sites excluding steroid dienone is 1. The van der Waals surface area contributed by atoms with Gasteiger partial charge in [0.2, 0.25) is 11.5 Å². The van der Waals surface area contributed by atoms with Gasteiger partial charge in [-0.25, -0.2) is 4.98 Å². The molecule has 0 aliphatic rings. The van der Waals surface area contributed by atoms with E-state index in [1.165, 1.54) is 27.4 Å². The van der Waals surface area contributed by atoms with Crippen LogP contribution in [-0.2, 0) is 0 Å². The lowest BCUT2D eigenvalue weighted by molar-refractivity contribution is 0.104. The summed E-state index contributed by atoms with van der Waals surface area (Å²) in [6.07, 6.45) is 4.79. The molecule has 0 fully saturated rings. The minimum Gasteiger partial charge on any atom is -0.493 e. The lowest BCUT2D eigenvalue weighted by atomic mass is 10.1. The fraction of sp³-hybridized carbons (Fsp3) is 0.231. The van der Waals surface area contributed by atoms with Crippen molar-refractivity contribution in [2.24, 2.45) is 0 Å². The highest BCUT2D eigenvalue weighted by atomic mass is 16.5. The highest BCUT2D eigenvalue weighted by Crippen LogP contribution is 2.41. The van der Waals surface area contributed by atoms with Gasteiger partial charge in [-0.05, 0) is 36.4 Å². The molecule has 2 aromatic carbocycles. The first kappa shape index (κ1) is 25.2. The zero-order valence-electron chi connectivity index (χ0n) is 20.5. The molecule has 184 valence electrons. The van der Waals surface area contributed by atoms with Crippen LogP contribution in [0, 0.1) is 0 Å². The number of carbonyl (C=O) groups is 1. The van der Waals surface area contributed by atoms with Crippen molar-refractivity contribution in [3.63, 3.8) is 0 Å². The maximum atomic E-state index is 12.9. The van der Waals surface area contributed by atoms with E-state index in [9.17, 15) is 4.79 Å². The van der Waals surface area contributed by atoms with E-state index in [1.807, 2.05) is 6.07 Å². The molecule has 1 N–H and O–H groups in total. The van der Waals surface area contributed by atoms with Gasteiger partial charge >= 0.3 is 0 Å². The third-order valence-corrected chi connectivity index (χ3v) is 5.13. The van der Waals surface area contributed by atoms with E-state index in [4.69, 9.17) is 28.4 Å². The molecule has 3 rings (SSSR count). The lowest BCUT2D eigenvalue weighted by Crippen LogP contribution is -2.01. The van der Waals surface area contributed by atoms with Gasteiger partial charge in [-0.1, -0.05) is 0 Å². The molecule has 35 heavy (non-hydrogen) atoms. The summed E-state index contributed by atoms with van der Waals surface area (Å²) < 4.78 is 32.2. The normalized spacial score (nSPS) is 10.6. The van der Waals surface area contributed by atoms with Gasteiger partial charge in [0.25, 0.3) is 0 Å². The zero-order valence-corrected chi connectivity index (χ0v) is 20.5. The summed E-state index contributed by atoms with van der Waals surface area (Å²) in [5, 5.41) is 3.24. The molecule has 0 atom stereocenters. The summed E-state index contributed by atoms with van der Waals surface area (Å²) in [6.45, 7) is 0. The molecule has 0 radical (unpaired) electrons. The molecule has 0 amide bonds. The zero-order chi connectivity index (χ0) is 25.4. The molecule has 3 aromatic rings. The Hall–Kier alpha value is -4.40. The summed E-state index contributed by atoms with van der Waals surface area (Å²) in [6, 6.07) is 10.4. The number of carbonyl (C=O) groups excluding carboxylic acids is 1. The van der Waals surface area contributed by atoms with Crippen LogP contribution in [0.2, 0.25) is 0 Å².